The minimum absolute atomic E-state index is 0.230. The van der Waals surface area contributed by atoms with Crippen molar-refractivity contribution in [1.82, 2.24) is 14.7 Å². The molecule has 2 aromatic rings. The fourth-order valence-corrected chi connectivity index (χ4v) is 2.62. The summed E-state index contributed by atoms with van der Waals surface area (Å²) < 4.78 is 26.0. The summed E-state index contributed by atoms with van der Waals surface area (Å²) in [6, 6.07) is 6.77. The third-order valence-electron chi connectivity index (χ3n) is 2.67. The number of benzene rings is 1. The lowest BCUT2D eigenvalue weighted by molar-refractivity contribution is 0.588. The molecule has 0 fully saturated rings. The van der Waals surface area contributed by atoms with Crippen molar-refractivity contribution >= 4 is 15.7 Å². The fourth-order valence-electron chi connectivity index (χ4n) is 1.71. The van der Waals surface area contributed by atoms with Crippen LogP contribution in [-0.2, 0) is 16.6 Å². The molecule has 0 unspecified atom stereocenters. The molecule has 0 saturated heterocycles. The number of rotatable bonds is 5. The van der Waals surface area contributed by atoms with Crippen molar-refractivity contribution in [1.29, 1.82) is 0 Å². The summed E-state index contributed by atoms with van der Waals surface area (Å²) in [5, 5.41) is 3.09. The number of sulfonamides is 1. The van der Waals surface area contributed by atoms with Crippen LogP contribution in [-0.4, -0.2) is 25.4 Å². The first-order valence-corrected chi connectivity index (χ1v) is 7.28. The third-order valence-corrected chi connectivity index (χ3v) is 4.14. The predicted octanol–water partition coefficient (Wildman–Crippen LogP) is 1.24. The number of nitrogens with zero attached hydrogens (tertiary/aromatic N) is 1. The minimum Gasteiger partial charge on any atom is -0.378 e. The molecule has 1 aromatic heterocycles. The molecule has 7 heteroatoms. The highest BCUT2D eigenvalue weighted by Gasteiger charge is 2.15. The molecule has 3 N–H and O–H groups in total. The highest BCUT2D eigenvalue weighted by atomic mass is 32.2. The summed E-state index contributed by atoms with van der Waals surface area (Å²) >= 11 is 0. The maximum Gasteiger partial charge on any atom is 0.242 e. The molecular weight excluding hydrogens is 264 g/mol. The summed E-state index contributed by atoms with van der Waals surface area (Å²) in [4.78, 5) is 7.40. The molecular formula is C12H16N4O2S. The third kappa shape index (κ3) is 3.12. The van der Waals surface area contributed by atoms with Crippen LogP contribution in [0, 0.1) is 6.92 Å². The number of anilines is 1. The Morgan fingerprint density at radius 3 is 2.68 bits per heavy atom. The number of aromatic amines is 1. The van der Waals surface area contributed by atoms with E-state index in [1.807, 2.05) is 6.92 Å². The topological polar surface area (TPSA) is 86.9 Å². The van der Waals surface area contributed by atoms with Crippen LogP contribution < -0.4 is 10.0 Å². The highest BCUT2D eigenvalue weighted by molar-refractivity contribution is 7.89. The Labute approximate surface area is 112 Å². The van der Waals surface area contributed by atoms with Crippen molar-refractivity contribution in [3.8, 4) is 0 Å². The summed E-state index contributed by atoms with van der Waals surface area (Å²) in [5.41, 5.74) is 1.46. The van der Waals surface area contributed by atoms with Gasteiger partial charge in [-0.05, 0) is 26.1 Å². The standard InChI is InChI=1S/C12H16N4O2S/c1-9-14-7-10(16-9)8-15-11-5-3-4-6-12(11)19(17,18)13-2/h3-7,13,15H,8H2,1-2H3,(H,14,16). The first-order valence-electron chi connectivity index (χ1n) is 5.80. The number of hydrogen-bond donors (Lipinski definition) is 3. The van der Waals surface area contributed by atoms with Gasteiger partial charge >= 0.3 is 0 Å². The van der Waals surface area contributed by atoms with E-state index in [0.29, 0.717) is 12.2 Å². The Bertz CT molecular complexity index is 664. The van der Waals surface area contributed by atoms with Crippen LogP contribution in [0.15, 0.2) is 35.4 Å². The predicted molar refractivity (Wildman–Crippen MR) is 73.3 cm³/mol. The number of nitrogens with one attached hydrogen (secondary N) is 3. The van der Waals surface area contributed by atoms with E-state index >= 15 is 0 Å². The van der Waals surface area contributed by atoms with Gasteiger partial charge < -0.3 is 10.3 Å². The van der Waals surface area contributed by atoms with E-state index in [1.54, 1.807) is 30.5 Å². The lowest BCUT2D eigenvalue weighted by Gasteiger charge is -2.11. The quantitative estimate of drug-likeness (QED) is 0.769. The number of para-hydroxylation sites is 1. The molecule has 1 heterocycles. The molecule has 0 aliphatic heterocycles. The molecule has 19 heavy (non-hydrogen) atoms. The molecule has 0 bridgehead atoms. The maximum absolute atomic E-state index is 11.9. The fraction of sp³-hybridized carbons (Fsp3) is 0.250. The first kappa shape index (κ1) is 13.6. The van der Waals surface area contributed by atoms with Crippen molar-refractivity contribution in [2.75, 3.05) is 12.4 Å². The van der Waals surface area contributed by atoms with Crippen molar-refractivity contribution in [2.24, 2.45) is 0 Å². The van der Waals surface area contributed by atoms with Gasteiger partial charge in [0.05, 0.1) is 24.1 Å². The van der Waals surface area contributed by atoms with Gasteiger partial charge in [-0.2, -0.15) is 0 Å². The molecule has 0 aliphatic carbocycles. The zero-order valence-electron chi connectivity index (χ0n) is 10.8. The average molecular weight is 280 g/mol. The molecule has 0 spiro atoms. The van der Waals surface area contributed by atoms with Crippen molar-refractivity contribution < 1.29 is 8.42 Å². The van der Waals surface area contributed by atoms with Gasteiger partial charge in [0.2, 0.25) is 10.0 Å². The molecule has 102 valence electrons. The average Bonchev–Trinajstić information content (AvgIpc) is 2.82. The normalized spacial score (nSPS) is 11.5. The van der Waals surface area contributed by atoms with E-state index in [2.05, 4.69) is 20.0 Å². The van der Waals surface area contributed by atoms with Gasteiger partial charge in [-0.25, -0.2) is 18.1 Å². The second-order valence-electron chi connectivity index (χ2n) is 4.05. The van der Waals surface area contributed by atoms with Crippen molar-refractivity contribution in [3.63, 3.8) is 0 Å². The van der Waals surface area contributed by atoms with E-state index in [4.69, 9.17) is 0 Å². The van der Waals surface area contributed by atoms with E-state index < -0.39 is 10.0 Å². The molecule has 0 aliphatic rings. The van der Waals surface area contributed by atoms with Crippen LogP contribution in [0.3, 0.4) is 0 Å². The van der Waals surface area contributed by atoms with Gasteiger partial charge in [-0.3, -0.25) is 0 Å². The maximum atomic E-state index is 11.9. The Balaban J connectivity index is 2.21. The molecule has 0 amide bonds. The SMILES string of the molecule is CNS(=O)(=O)c1ccccc1NCc1cnc(C)[nH]1. The summed E-state index contributed by atoms with van der Waals surface area (Å²) in [5.74, 6) is 0.827. The number of imidazole rings is 1. The zero-order chi connectivity index (χ0) is 13.9. The molecule has 0 atom stereocenters. The number of H-pyrrole nitrogens is 1. The van der Waals surface area contributed by atoms with Crippen LogP contribution in [0.5, 0.6) is 0 Å². The number of aromatic nitrogens is 2. The second kappa shape index (κ2) is 5.41. The van der Waals surface area contributed by atoms with E-state index in [0.717, 1.165) is 11.5 Å². The van der Waals surface area contributed by atoms with E-state index in [1.165, 1.54) is 7.05 Å². The Morgan fingerprint density at radius 1 is 1.32 bits per heavy atom. The lowest BCUT2D eigenvalue weighted by Crippen LogP contribution is -2.20. The summed E-state index contributed by atoms with van der Waals surface area (Å²) in [7, 11) is -2.07. The highest BCUT2D eigenvalue weighted by Crippen LogP contribution is 2.20. The lowest BCUT2D eigenvalue weighted by atomic mass is 10.3. The monoisotopic (exact) mass is 280 g/mol. The van der Waals surface area contributed by atoms with Gasteiger partial charge in [0.25, 0.3) is 0 Å². The smallest absolute Gasteiger partial charge is 0.242 e. The van der Waals surface area contributed by atoms with Gasteiger partial charge in [0, 0.05) is 0 Å². The second-order valence-corrected chi connectivity index (χ2v) is 5.91. The van der Waals surface area contributed by atoms with Gasteiger partial charge in [-0.1, -0.05) is 12.1 Å². The Hall–Kier alpha value is -1.86. The summed E-state index contributed by atoms with van der Waals surface area (Å²) in [6.45, 7) is 2.35. The van der Waals surface area contributed by atoms with Crippen molar-refractivity contribution in [2.45, 2.75) is 18.4 Å². The number of hydrogen-bond acceptors (Lipinski definition) is 4. The molecule has 0 radical (unpaired) electrons. The first-order chi connectivity index (χ1) is 9.03. The van der Waals surface area contributed by atoms with E-state index in [9.17, 15) is 8.42 Å². The van der Waals surface area contributed by atoms with E-state index in [-0.39, 0.29) is 4.90 Å². The van der Waals surface area contributed by atoms with Crippen LogP contribution >= 0.6 is 0 Å². The van der Waals surface area contributed by atoms with Gasteiger partial charge in [-0.15, -0.1) is 0 Å². The van der Waals surface area contributed by atoms with Gasteiger partial charge in [0.1, 0.15) is 10.7 Å². The largest absolute Gasteiger partial charge is 0.378 e. The van der Waals surface area contributed by atoms with Crippen LogP contribution in [0.25, 0.3) is 0 Å². The Kier molecular flexibility index (Phi) is 3.87. The number of aryl methyl sites for hydroxylation is 1. The minimum atomic E-state index is -3.47. The van der Waals surface area contributed by atoms with Crippen LogP contribution in [0.4, 0.5) is 5.69 Å². The van der Waals surface area contributed by atoms with Crippen LogP contribution in [0.2, 0.25) is 0 Å². The van der Waals surface area contributed by atoms with Crippen LogP contribution in [0.1, 0.15) is 11.5 Å². The molecule has 0 saturated carbocycles. The Morgan fingerprint density at radius 2 is 2.05 bits per heavy atom. The molecule has 2 rings (SSSR count). The molecule has 6 nitrogen and oxygen atoms in total. The summed E-state index contributed by atoms with van der Waals surface area (Å²) in [6.07, 6.45) is 1.72. The van der Waals surface area contributed by atoms with Gasteiger partial charge in [0.15, 0.2) is 0 Å². The van der Waals surface area contributed by atoms with Crippen molar-refractivity contribution in [3.05, 3.63) is 42.0 Å². The zero-order valence-corrected chi connectivity index (χ0v) is 11.6. The molecule has 1 aromatic carbocycles.